The first-order chi connectivity index (χ1) is 11.6. The summed E-state index contributed by atoms with van der Waals surface area (Å²) in [6, 6.07) is 7.60. The van der Waals surface area contributed by atoms with E-state index in [0.717, 1.165) is 5.56 Å². The summed E-state index contributed by atoms with van der Waals surface area (Å²) in [6.45, 7) is 1.99. The van der Waals surface area contributed by atoms with Gasteiger partial charge in [0.2, 0.25) is 11.8 Å². The highest BCUT2D eigenvalue weighted by Crippen LogP contribution is 2.27. The van der Waals surface area contributed by atoms with Crippen LogP contribution in [0.3, 0.4) is 0 Å². The molecule has 1 aromatic carbocycles. The van der Waals surface area contributed by atoms with Gasteiger partial charge >= 0.3 is 5.97 Å². The van der Waals surface area contributed by atoms with Crippen LogP contribution in [0.15, 0.2) is 30.3 Å². The first-order valence-electron chi connectivity index (χ1n) is 8.02. The van der Waals surface area contributed by atoms with Crippen molar-refractivity contribution in [2.45, 2.75) is 31.5 Å². The van der Waals surface area contributed by atoms with Gasteiger partial charge in [-0.15, -0.1) is 0 Å². The van der Waals surface area contributed by atoms with E-state index in [2.05, 4.69) is 5.32 Å². The number of hydrogen-bond acceptors (Lipinski definition) is 5. The standard InChI is InChI=1S/C17H20N2O4S/c1-2-23-17(22)14-10-24-9-13-15(20)18-12(16(21)19(13)14)8-11-6-4-3-5-7-11/h3-7,12-14H,2,8-10H2,1H3,(H,18,20)/t12-,13-,14+/m0/s1. The van der Waals surface area contributed by atoms with Crippen LogP contribution in [-0.2, 0) is 25.5 Å². The molecule has 2 saturated heterocycles. The number of thioether (sulfide) groups is 1. The molecule has 0 aromatic heterocycles. The van der Waals surface area contributed by atoms with Crippen molar-refractivity contribution in [1.82, 2.24) is 10.2 Å². The van der Waals surface area contributed by atoms with Crippen molar-refractivity contribution in [1.29, 1.82) is 0 Å². The molecule has 2 amide bonds. The number of benzene rings is 1. The lowest BCUT2D eigenvalue weighted by atomic mass is 9.99. The van der Waals surface area contributed by atoms with E-state index in [1.165, 1.54) is 16.7 Å². The van der Waals surface area contributed by atoms with E-state index >= 15 is 0 Å². The number of carbonyl (C=O) groups is 3. The van der Waals surface area contributed by atoms with Gasteiger partial charge in [-0.1, -0.05) is 30.3 Å². The molecule has 2 heterocycles. The van der Waals surface area contributed by atoms with E-state index in [-0.39, 0.29) is 18.4 Å². The molecule has 0 radical (unpaired) electrons. The summed E-state index contributed by atoms with van der Waals surface area (Å²) in [4.78, 5) is 39.0. The zero-order valence-corrected chi connectivity index (χ0v) is 14.3. The number of fused-ring (bicyclic) bond motifs is 1. The lowest BCUT2D eigenvalue weighted by Crippen LogP contribution is -2.70. The molecule has 3 atom stereocenters. The minimum Gasteiger partial charge on any atom is -0.464 e. The van der Waals surface area contributed by atoms with E-state index < -0.39 is 24.1 Å². The summed E-state index contributed by atoms with van der Waals surface area (Å²) >= 11 is 1.50. The Morgan fingerprint density at radius 3 is 2.75 bits per heavy atom. The van der Waals surface area contributed by atoms with Crippen LogP contribution < -0.4 is 5.32 Å². The summed E-state index contributed by atoms with van der Waals surface area (Å²) in [5.74, 6) is 0.132. The van der Waals surface area contributed by atoms with Gasteiger partial charge < -0.3 is 15.0 Å². The van der Waals surface area contributed by atoms with E-state index in [4.69, 9.17) is 4.74 Å². The van der Waals surface area contributed by atoms with Crippen LogP contribution in [0.4, 0.5) is 0 Å². The molecule has 0 aliphatic carbocycles. The summed E-state index contributed by atoms with van der Waals surface area (Å²) < 4.78 is 5.09. The summed E-state index contributed by atoms with van der Waals surface area (Å²) in [7, 11) is 0. The largest absolute Gasteiger partial charge is 0.464 e. The predicted molar refractivity (Wildman–Crippen MR) is 90.5 cm³/mol. The normalized spacial score (nSPS) is 26.5. The smallest absolute Gasteiger partial charge is 0.329 e. The maximum Gasteiger partial charge on any atom is 0.329 e. The number of carbonyl (C=O) groups excluding carboxylic acids is 3. The number of piperazine rings is 1. The minimum atomic E-state index is -0.689. The molecule has 0 saturated carbocycles. The molecule has 3 rings (SSSR count). The van der Waals surface area contributed by atoms with Crippen LogP contribution >= 0.6 is 11.8 Å². The molecule has 0 unspecified atom stereocenters. The van der Waals surface area contributed by atoms with Crippen molar-refractivity contribution in [2.75, 3.05) is 18.1 Å². The molecular weight excluding hydrogens is 328 g/mol. The Labute approximate surface area is 144 Å². The first kappa shape index (κ1) is 16.8. The minimum absolute atomic E-state index is 0.197. The van der Waals surface area contributed by atoms with Crippen LogP contribution in [0.25, 0.3) is 0 Å². The fourth-order valence-electron chi connectivity index (χ4n) is 3.10. The number of hydrogen-bond donors (Lipinski definition) is 1. The van der Waals surface area contributed by atoms with Crippen molar-refractivity contribution < 1.29 is 19.1 Å². The summed E-state index contributed by atoms with van der Waals surface area (Å²) in [5.41, 5.74) is 0.966. The second kappa shape index (κ2) is 7.25. The van der Waals surface area contributed by atoms with Gasteiger partial charge in [0.25, 0.3) is 0 Å². The van der Waals surface area contributed by atoms with Gasteiger partial charge in [-0.3, -0.25) is 9.59 Å². The second-order valence-corrected chi connectivity index (χ2v) is 6.89. The third-order valence-corrected chi connectivity index (χ3v) is 5.34. The maximum atomic E-state index is 12.9. The number of nitrogens with zero attached hydrogens (tertiary/aromatic N) is 1. The monoisotopic (exact) mass is 348 g/mol. The molecular formula is C17H20N2O4S. The molecule has 128 valence electrons. The van der Waals surface area contributed by atoms with E-state index in [1.807, 2.05) is 30.3 Å². The topological polar surface area (TPSA) is 75.7 Å². The van der Waals surface area contributed by atoms with Gasteiger partial charge in [0.1, 0.15) is 18.1 Å². The Hall–Kier alpha value is -2.02. The third-order valence-electron chi connectivity index (χ3n) is 4.24. The number of ether oxygens (including phenoxy) is 1. The van der Waals surface area contributed by atoms with Crippen molar-refractivity contribution in [3.05, 3.63) is 35.9 Å². The van der Waals surface area contributed by atoms with Crippen molar-refractivity contribution in [3.63, 3.8) is 0 Å². The average Bonchev–Trinajstić information content (AvgIpc) is 2.60. The number of nitrogens with one attached hydrogen (secondary N) is 1. The fourth-order valence-corrected chi connectivity index (χ4v) is 4.29. The fraction of sp³-hybridized carbons (Fsp3) is 0.471. The predicted octanol–water partition coefficient (Wildman–Crippen LogP) is 0.603. The van der Waals surface area contributed by atoms with Crippen LogP contribution in [-0.4, -0.2) is 58.9 Å². The van der Waals surface area contributed by atoms with Gasteiger partial charge in [-0.2, -0.15) is 11.8 Å². The molecule has 6 nitrogen and oxygen atoms in total. The highest BCUT2D eigenvalue weighted by Gasteiger charge is 2.48. The van der Waals surface area contributed by atoms with E-state index in [0.29, 0.717) is 17.9 Å². The van der Waals surface area contributed by atoms with Crippen molar-refractivity contribution in [2.24, 2.45) is 0 Å². The van der Waals surface area contributed by atoms with Crippen LogP contribution in [0, 0.1) is 0 Å². The van der Waals surface area contributed by atoms with Gasteiger partial charge in [0, 0.05) is 17.9 Å². The lowest BCUT2D eigenvalue weighted by Gasteiger charge is -2.44. The highest BCUT2D eigenvalue weighted by molar-refractivity contribution is 7.99. The molecule has 2 fully saturated rings. The molecule has 0 spiro atoms. The Kier molecular flexibility index (Phi) is 5.08. The van der Waals surface area contributed by atoms with Gasteiger partial charge in [-0.25, -0.2) is 4.79 Å². The quantitative estimate of drug-likeness (QED) is 0.807. The maximum absolute atomic E-state index is 12.9. The molecule has 1 N–H and O–H groups in total. The molecule has 24 heavy (non-hydrogen) atoms. The molecule has 1 aromatic rings. The van der Waals surface area contributed by atoms with E-state index in [9.17, 15) is 14.4 Å². The number of amides is 2. The van der Waals surface area contributed by atoms with Crippen molar-refractivity contribution in [3.8, 4) is 0 Å². The van der Waals surface area contributed by atoms with Gasteiger partial charge in [0.05, 0.1) is 6.61 Å². The molecule has 2 aliphatic rings. The SMILES string of the molecule is CCOC(=O)[C@H]1CSC[C@H]2C(=O)N[C@@H](Cc3ccccc3)C(=O)N12. The van der Waals surface area contributed by atoms with Crippen LogP contribution in [0.1, 0.15) is 12.5 Å². The average molecular weight is 348 g/mol. The molecule has 2 aliphatic heterocycles. The summed E-state index contributed by atoms with van der Waals surface area (Å²) in [6.07, 6.45) is 0.414. The van der Waals surface area contributed by atoms with Crippen LogP contribution in [0.5, 0.6) is 0 Å². The third kappa shape index (κ3) is 3.26. The zero-order chi connectivity index (χ0) is 17.1. The first-order valence-corrected chi connectivity index (χ1v) is 9.18. The van der Waals surface area contributed by atoms with E-state index in [1.54, 1.807) is 6.92 Å². The zero-order valence-electron chi connectivity index (χ0n) is 13.4. The molecule has 7 heteroatoms. The number of rotatable bonds is 4. The Morgan fingerprint density at radius 2 is 2.04 bits per heavy atom. The molecule has 0 bridgehead atoms. The van der Waals surface area contributed by atoms with Crippen molar-refractivity contribution >= 4 is 29.5 Å². The van der Waals surface area contributed by atoms with Gasteiger partial charge in [-0.05, 0) is 12.5 Å². The second-order valence-electron chi connectivity index (χ2n) is 5.82. The highest BCUT2D eigenvalue weighted by atomic mass is 32.2. The van der Waals surface area contributed by atoms with Crippen LogP contribution in [0.2, 0.25) is 0 Å². The summed E-state index contributed by atoms with van der Waals surface area (Å²) in [5, 5.41) is 2.81. The Balaban J connectivity index is 1.82. The number of esters is 1. The Morgan fingerprint density at radius 1 is 1.29 bits per heavy atom. The lowest BCUT2D eigenvalue weighted by molar-refractivity contribution is -0.161. The van der Waals surface area contributed by atoms with Gasteiger partial charge in [0.15, 0.2) is 0 Å². The Bertz CT molecular complexity index is 637.